The van der Waals surface area contributed by atoms with Crippen LogP contribution in [0.3, 0.4) is 0 Å². The first-order valence-corrected chi connectivity index (χ1v) is 11.5. The van der Waals surface area contributed by atoms with Crippen LogP contribution in [0.5, 0.6) is 0 Å². The third kappa shape index (κ3) is 4.95. The predicted octanol–water partition coefficient (Wildman–Crippen LogP) is 5.47. The van der Waals surface area contributed by atoms with Gasteiger partial charge in [0.25, 0.3) is 5.56 Å². The molecule has 0 aliphatic carbocycles. The molecule has 0 radical (unpaired) electrons. The van der Waals surface area contributed by atoms with Gasteiger partial charge in [-0.05, 0) is 74.4 Å². The van der Waals surface area contributed by atoms with Crippen LogP contribution < -0.4 is 10.5 Å². The maximum atomic E-state index is 12.8. The van der Waals surface area contributed by atoms with Crippen LogP contribution in [0.1, 0.15) is 67.5 Å². The van der Waals surface area contributed by atoms with Crippen LogP contribution in [0.2, 0.25) is 0 Å². The molecule has 0 saturated carbocycles. The van der Waals surface area contributed by atoms with Gasteiger partial charge in [-0.2, -0.15) is 0 Å². The quantitative estimate of drug-likeness (QED) is 0.620. The molecule has 2 aromatic rings. The highest BCUT2D eigenvalue weighted by Gasteiger charge is 2.23. The minimum Gasteiger partial charge on any atom is -0.381 e. The Hall–Kier alpha value is -1.59. The topological polar surface area (TPSA) is 45.3 Å². The fourth-order valence-corrected chi connectivity index (χ4v) is 4.95. The van der Waals surface area contributed by atoms with Crippen LogP contribution in [-0.4, -0.2) is 30.8 Å². The number of H-pyrrole nitrogens is 1. The molecule has 1 aromatic heterocycles. The zero-order valence-electron chi connectivity index (χ0n) is 18.3. The summed E-state index contributed by atoms with van der Waals surface area (Å²) in [4.78, 5) is 18.3. The number of aryl methyl sites for hydroxylation is 1. The minimum absolute atomic E-state index is 0.0337. The molecule has 1 aromatic carbocycles. The van der Waals surface area contributed by atoms with E-state index in [2.05, 4.69) is 71.7 Å². The van der Waals surface area contributed by atoms with Gasteiger partial charge in [0, 0.05) is 53.6 Å². The van der Waals surface area contributed by atoms with E-state index in [1.807, 2.05) is 6.92 Å². The number of nitrogens with zero attached hydrogens (tertiary/aromatic N) is 1. The van der Waals surface area contributed by atoms with Crippen LogP contribution in [0, 0.1) is 13.8 Å². The van der Waals surface area contributed by atoms with Crippen molar-refractivity contribution < 1.29 is 4.74 Å². The summed E-state index contributed by atoms with van der Waals surface area (Å²) in [6.07, 6.45) is 2.77. The van der Waals surface area contributed by atoms with Crippen molar-refractivity contribution in [3.8, 4) is 0 Å². The van der Waals surface area contributed by atoms with Crippen LogP contribution in [0.4, 0.5) is 5.69 Å². The molecule has 1 saturated heterocycles. The lowest BCUT2D eigenvalue weighted by molar-refractivity contribution is 0.0846. The first-order chi connectivity index (χ1) is 13.8. The van der Waals surface area contributed by atoms with Crippen molar-refractivity contribution in [2.45, 2.75) is 65.8 Å². The number of benzene rings is 1. The molecule has 0 bridgehead atoms. The number of halogens is 1. The second-order valence-electron chi connectivity index (χ2n) is 8.39. The number of anilines is 1. The summed E-state index contributed by atoms with van der Waals surface area (Å²) in [5, 5.41) is 0. The Balaban J connectivity index is 2.03. The number of hydrogen-bond acceptors (Lipinski definition) is 3. The molecule has 0 atom stereocenters. The monoisotopic (exact) mass is 460 g/mol. The van der Waals surface area contributed by atoms with E-state index in [-0.39, 0.29) is 5.56 Å². The molecule has 0 spiro atoms. The highest BCUT2D eigenvalue weighted by molar-refractivity contribution is 9.10. The summed E-state index contributed by atoms with van der Waals surface area (Å²) in [6, 6.07) is 7.01. The molecule has 2 heterocycles. The zero-order chi connectivity index (χ0) is 21.1. The third-order valence-corrected chi connectivity index (χ3v) is 6.49. The summed E-state index contributed by atoms with van der Waals surface area (Å²) in [7, 11) is 0. The van der Waals surface area contributed by atoms with E-state index < -0.39 is 0 Å². The molecule has 1 N–H and O–H groups in total. The van der Waals surface area contributed by atoms with Gasteiger partial charge in [-0.15, -0.1) is 0 Å². The maximum Gasteiger partial charge on any atom is 0.251 e. The Bertz CT molecular complexity index is 914. The number of pyridine rings is 1. The summed E-state index contributed by atoms with van der Waals surface area (Å²) in [6.45, 7) is 13.3. The molecule has 5 heteroatoms. The lowest BCUT2D eigenvalue weighted by Crippen LogP contribution is -2.40. The maximum absolute atomic E-state index is 12.8. The lowest BCUT2D eigenvalue weighted by atomic mass is 9.91. The van der Waals surface area contributed by atoms with Crippen LogP contribution in [0.25, 0.3) is 0 Å². The smallest absolute Gasteiger partial charge is 0.251 e. The molecule has 3 rings (SSSR count). The average Bonchev–Trinajstić information content (AvgIpc) is 2.68. The molecule has 29 heavy (non-hydrogen) atoms. The molecular formula is C24H33BrN2O2. The van der Waals surface area contributed by atoms with E-state index in [4.69, 9.17) is 4.74 Å². The summed E-state index contributed by atoms with van der Waals surface area (Å²) in [5.41, 5.74) is 6.71. The van der Waals surface area contributed by atoms with E-state index in [9.17, 15) is 4.79 Å². The summed E-state index contributed by atoms with van der Waals surface area (Å²) < 4.78 is 6.63. The fourth-order valence-electron chi connectivity index (χ4n) is 4.45. The van der Waals surface area contributed by atoms with Gasteiger partial charge in [0.1, 0.15) is 0 Å². The van der Waals surface area contributed by atoms with E-state index in [1.54, 1.807) is 0 Å². The van der Waals surface area contributed by atoms with Crippen LogP contribution in [0.15, 0.2) is 27.5 Å². The first-order valence-electron chi connectivity index (χ1n) is 10.7. The molecule has 1 aliphatic heterocycles. The Kier molecular flexibility index (Phi) is 7.23. The van der Waals surface area contributed by atoms with Crippen molar-refractivity contribution in [2.24, 2.45) is 0 Å². The molecule has 158 valence electrons. The summed E-state index contributed by atoms with van der Waals surface area (Å²) >= 11 is 3.72. The number of nitrogens with one attached hydrogen (secondary N) is 1. The molecule has 1 fully saturated rings. The standard InChI is InChI=1S/C24H33BrN2O2/c1-6-27(20-7-9-29-10-8-20)23-14-19(25)12-18(17(23)5)13-22-21(15(2)3)11-16(4)26-24(22)28/h11-12,14-15,20H,6-10,13H2,1-5H3,(H,26,28). The van der Waals surface area contributed by atoms with Crippen molar-refractivity contribution in [3.63, 3.8) is 0 Å². The van der Waals surface area contributed by atoms with Gasteiger partial charge in [0.2, 0.25) is 0 Å². The Morgan fingerprint density at radius 1 is 1.21 bits per heavy atom. The SMILES string of the molecule is CCN(c1cc(Br)cc(Cc2c(C(C)C)cc(C)[nH]c2=O)c1C)C1CCOCC1. The number of aromatic amines is 1. The third-order valence-electron chi connectivity index (χ3n) is 6.03. The van der Waals surface area contributed by atoms with Crippen molar-refractivity contribution in [1.29, 1.82) is 0 Å². The van der Waals surface area contributed by atoms with Crippen molar-refractivity contribution >= 4 is 21.6 Å². The van der Waals surface area contributed by atoms with E-state index >= 15 is 0 Å². The largest absolute Gasteiger partial charge is 0.381 e. The number of ether oxygens (including phenoxy) is 1. The van der Waals surface area contributed by atoms with Gasteiger partial charge in [0.05, 0.1) is 0 Å². The second-order valence-corrected chi connectivity index (χ2v) is 9.30. The van der Waals surface area contributed by atoms with Gasteiger partial charge in [-0.1, -0.05) is 29.8 Å². The Morgan fingerprint density at radius 3 is 2.52 bits per heavy atom. The Morgan fingerprint density at radius 2 is 1.90 bits per heavy atom. The van der Waals surface area contributed by atoms with Gasteiger partial charge in [-0.25, -0.2) is 0 Å². The molecular weight excluding hydrogens is 428 g/mol. The minimum atomic E-state index is 0.0337. The van der Waals surface area contributed by atoms with E-state index in [1.165, 1.54) is 16.8 Å². The number of aromatic nitrogens is 1. The summed E-state index contributed by atoms with van der Waals surface area (Å²) in [5.74, 6) is 0.312. The van der Waals surface area contributed by atoms with Gasteiger partial charge >= 0.3 is 0 Å². The first kappa shape index (κ1) is 22.1. The lowest BCUT2D eigenvalue weighted by Gasteiger charge is -2.37. The van der Waals surface area contributed by atoms with Crippen molar-refractivity contribution in [2.75, 3.05) is 24.7 Å². The van der Waals surface area contributed by atoms with E-state index in [0.29, 0.717) is 18.4 Å². The molecule has 0 amide bonds. The highest BCUT2D eigenvalue weighted by Crippen LogP contribution is 2.33. The number of hydrogen-bond donors (Lipinski definition) is 1. The predicted molar refractivity (Wildman–Crippen MR) is 124 cm³/mol. The average molecular weight is 461 g/mol. The fraction of sp³-hybridized carbons (Fsp3) is 0.542. The second kappa shape index (κ2) is 9.48. The highest BCUT2D eigenvalue weighted by atomic mass is 79.9. The molecule has 1 aliphatic rings. The van der Waals surface area contributed by atoms with Gasteiger partial charge in [-0.3, -0.25) is 4.79 Å². The van der Waals surface area contributed by atoms with E-state index in [0.717, 1.165) is 53.9 Å². The van der Waals surface area contributed by atoms with Crippen LogP contribution in [-0.2, 0) is 11.2 Å². The van der Waals surface area contributed by atoms with Crippen molar-refractivity contribution in [1.82, 2.24) is 4.98 Å². The number of rotatable bonds is 6. The molecule has 4 nitrogen and oxygen atoms in total. The zero-order valence-corrected chi connectivity index (χ0v) is 19.9. The molecule has 0 unspecified atom stereocenters. The van der Waals surface area contributed by atoms with Gasteiger partial charge in [0.15, 0.2) is 0 Å². The van der Waals surface area contributed by atoms with Crippen LogP contribution >= 0.6 is 15.9 Å². The normalized spacial score (nSPS) is 15.1. The van der Waals surface area contributed by atoms with Gasteiger partial charge < -0.3 is 14.6 Å². The van der Waals surface area contributed by atoms with Crippen molar-refractivity contribution in [3.05, 3.63) is 61.0 Å². The Labute approximate surface area is 182 Å².